The van der Waals surface area contributed by atoms with Gasteiger partial charge < -0.3 is 97.5 Å². The second-order valence-electron chi connectivity index (χ2n) is 18.3. The summed E-state index contributed by atoms with van der Waals surface area (Å²) in [6.07, 6.45) is 4.57. The number of rotatable bonds is 34. The van der Waals surface area contributed by atoms with Gasteiger partial charge in [-0.2, -0.15) is 0 Å². The molecular formula is C48H79N17O11. The molecule has 3 rings (SSSR count). The summed E-state index contributed by atoms with van der Waals surface area (Å²) >= 11 is 0. The van der Waals surface area contributed by atoms with Crippen LogP contribution in [0.25, 0.3) is 10.9 Å². The van der Waals surface area contributed by atoms with Crippen molar-refractivity contribution in [3.63, 3.8) is 0 Å². The molecule has 0 bridgehead atoms. The second kappa shape index (κ2) is 32.9. The Bertz CT molecular complexity index is 2340. The molecule has 1 aromatic heterocycles. The van der Waals surface area contributed by atoms with E-state index in [2.05, 4.69) is 47.2 Å². The minimum absolute atomic E-state index is 0.0427. The molecule has 422 valence electrons. The molecule has 24 N–H and O–H groups in total. The van der Waals surface area contributed by atoms with Crippen molar-refractivity contribution in [3.8, 4) is 0 Å². The van der Waals surface area contributed by atoms with Crippen LogP contribution < -0.4 is 77.4 Å². The number of nitrogens with zero attached hydrogens (tertiary/aromatic N) is 2. The molecule has 0 aliphatic carbocycles. The lowest BCUT2D eigenvalue weighted by Crippen LogP contribution is -2.60. The van der Waals surface area contributed by atoms with Crippen LogP contribution in [0.4, 0.5) is 0 Å². The molecule has 8 amide bonds. The Kier molecular flexibility index (Phi) is 27.3. The van der Waals surface area contributed by atoms with Gasteiger partial charge in [-0.15, -0.1) is 0 Å². The largest absolute Gasteiger partial charge is 0.477 e. The number of benzene rings is 1. The maximum Gasteiger partial charge on any atom is 0.352 e. The highest BCUT2D eigenvalue weighted by Gasteiger charge is 2.40. The summed E-state index contributed by atoms with van der Waals surface area (Å²) < 4.78 is 0. The number of amides is 8. The van der Waals surface area contributed by atoms with Crippen LogP contribution >= 0.6 is 0 Å². The highest BCUT2D eigenvalue weighted by atomic mass is 16.4. The minimum Gasteiger partial charge on any atom is -0.477 e. The molecule has 1 saturated heterocycles. The number of aliphatic hydroxyl groups is 1. The number of aromatic amines is 1. The van der Waals surface area contributed by atoms with Crippen molar-refractivity contribution in [1.82, 2.24) is 47.1 Å². The standard InChI is InChI=1S/C48H79N17O11/c1-27(59-45(73)39(37(66)24-52)64-41(69)30(53)12-4-6-18-49)40(68)58-26-38(67)60-33(15-8-20-51)46(74)65-22-10-17-36(65)44(72)63-35(23-28-25-57-31-13-3-2-11-29(28)31)43(71)61-32(14-5-7-19-50)42(70)62-34(47(75)76)16-9-21-56-48(54)55/h2-3,11,13,16,25,27,30,32-33,35-37,39,57,66H,4-10,12,14-15,17-24,26,49-53H2,1H3,(H,58,68)(H,59,73)(H,60,67)(H,61,71)(H,62,70)(H,63,72)(H,64,69)(H,75,76)(H4,54,55,56)/b34-16-/t27?,30-,32-,33+,35?,36-,37-,39-/m0/s1. The van der Waals surface area contributed by atoms with Crippen molar-refractivity contribution in [2.75, 3.05) is 45.8 Å². The van der Waals surface area contributed by atoms with Gasteiger partial charge in [0.1, 0.15) is 41.9 Å². The molecular weight excluding hydrogens is 991 g/mol. The summed E-state index contributed by atoms with van der Waals surface area (Å²) in [6.45, 7) is 1.20. The number of hydrogen-bond acceptors (Lipinski definition) is 16. The van der Waals surface area contributed by atoms with E-state index in [9.17, 15) is 53.4 Å². The van der Waals surface area contributed by atoms with Gasteiger partial charge in [0.15, 0.2) is 5.96 Å². The van der Waals surface area contributed by atoms with Crippen LogP contribution in [0.5, 0.6) is 0 Å². The molecule has 28 heteroatoms. The lowest BCUT2D eigenvalue weighted by Gasteiger charge is -2.30. The summed E-state index contributed by atoms with van der Waals surface area (Å²) in [7, 11) is 0. The van der Waals surface area contributed by atoms with E-state index in [0.29, 0.717) is 44.2 Å². The van der Waals surface area contributed by atoms with E-state index >= 15 is 0 Å². The topological polar surface area (TPSA) is 492 Å². The first kappa shape index (κ1) is 63.1. The SMILES string of the molecule is CC(NC(=O)[C@@H](NC(=O)[C@@H](N)CCCCN)[C@@H](O)CN)C(=O)NCC(=O)N[C@H](CCCN)C(=O)N1CCC[C@H]1C(=O)NC(Cc1c[nH]c2ccccc12)C(=O)N[C@@H](CCCCN)C(=O)N/C(=C\CCN=C(N)N)C(=O)O. The lowest BCUT2D eigenvalue weighted by molar-refractivity contribution is -0.142. The first-order valence-corrected chi connectivity index (χ1v) is 25.4. The molecule has 0 radical (unpaired) electrons. The predicted molar refractivity (Wildman–Crippen MR) is 281 cm³/mol. The molecule has 2 aromatic rings. The van der Waals surface area contributed by atoms with E-state index in [0.717, 1.165) is 10.9 Å². The number of nitrogens with two attached hydrogens (primary N) is 7. The molecule has 0 spiro atoms. The zero-order valence-electron chi connectivity index (χ0n) is 43.0. The number of aromatic nitrogens is 1. The van der Waals surface area contributed by atoms with Crippen LogP contribution in [0.15, 0.2) is 47.2 Å². The number of likely N-dealkylation sites (tertiary alicyclic amines) is 1. The maximum atomic E-state index is 14.4. The van der Waals surface area contributed by atoms with Gasteiger partial charge in [0, 0.05) is 43.2 Å². The number of guanidine groups is 1. The monoisotopic (exact) mass is 1070 g/mol. The van der Waals surface area contributed by atoms with Crippen molar-refractivity contribution in [3.05, 3.63) is 47.8 Å². The van der Waals surface area contributed by atoms with E-state index in [1.807, 2.05) is 18.2 Å². The van der Waals surface area contributed by atoms with Crippen molar-refractivity contribution >= 4 is 70.1 Å². The van der Waals surface area contributed by atoms with Gasteiger partial charge in [-0.05, 0) is 102 Å². The van der Waals surface area contributed by atoms with Crippen molar-refractivity contribution in [2.45, 2.75) is 132 Å². The molecule has 1 fully saturated rings. The molecule has 1 aromatic carbocycles. The third-order valence-electron chi connectivity index (χ3n) is 12.4. The average molecular weight is 1070 g/mol. The molecule has 8 atom stereocenters. The Labute approximate surface area is 440 Å². The second-order valence-corrected chi connectivity index (χ2v) is 18.3. The number of carbonyl (C=O) groups is 9. The number of H-pyrrole nitrogens is 1. The summed E-state index contributed by atoms with van der Waals surface area (Å²) in [6, 6.07) is -1.54. The number of carboxylic acids is 1. The van der Waals surface area contributed by atoms with E-state index in [1.54, 1.807) is 12.3 Å². The fourth-order valence-electron chi connectivity index (χ4n) is 8.24. The number of hydrogen-bond donors (Lipinski definition) is 17. The Balaban J connectivity index is 1.78. The van der Waals surface area contributed by atoms with Gasteiger partial charge in [0.05, 0.1) is 18.7 Å². The van der Waals surface area contributed by atoms with E-state index in [-0.39, 0.29) is 77.1 Å². The van der Waals surface area contributed by atoms with Crippen LogP contribution in [0.3, 0.4) is 0 Å². The average Bonchev–Trinajstić information content (AvgIpc) is 4.06. The fraction of sp³-hybridized carbons (Fsp3) is 0.583. The van der Waals surface area contributed by atoms with E-state index in [1.165, 1.54) is 17.9 Å². The molecule has 1 aliphatic heterocycles. The molecule has 2 heterocycles. The quantitative estimate of drug-likeness (QED) is 0.0135. The van der Waals surface area contributed by atoms with Gasteiger partial charge in [0.25, 0.3) is 0 Å². The predicted octanol–water partition coefficient (Wildman–Crippen LogP) is -5.35. The van der Waals surface area contributed by atoms with E-state index < -0.39 is 120 Å². The number of carbonyl (C=O) groups excluding carboxylic acids is 8. The Morgan fingerprint density at radius 3 is 2.12 bits per heavy atom. The minimum atomic E-state index is -1.56. The Morgan fingerprint density at radius 2 is 1.46 bits per heavy atom. The molecule has 0 saturated carbocycles. The normalized spacial score (nSPS) is 16.2. The van der Waals surface area contributed by atoms with Crippen LogP contribution in [0.1, 0.15) is 83.1 Å². The Morgan fingerprint density at radius 1 is 0.789 bits per heavy atom. The van der Waals surface area contributed by atoms with Crippen LogP contribution in [0.2, 0.25) is 0 Å². The van der Waals surface area contributed by atoms with Crippen LogP contribution in [0, 0.1) is 0 Å². The van der Waals surface area contributed by atoms with Gasteiger partial charge in [-0.25, -0.2) is 4.79 Å². The number of carboxylic acid groups (broad SMARTS) is 1. The van der Waals surface area contributed by atoms with Crippen molar-refractivity contribution in [2.24, 2.45) is 45.1 Å². The third-order valence-corrected chi connectivity index (χ3v) is 12.4. The van der Waals surface area contributed by atoms with Gasteiger partial charge in [0.2, 0.25) is 47.3 Å². The van der Waals surface area contributed by atoms with Crippen LogP contribution in [-0.2, 0) is 49.6 Å². The van der Waals surface area contributed by atoms with Gasteiger partial charge in [-0.3, -0.25) is 43.3 Å². The highest BCUT2D eigenvalue weighted by Crippen LogP contribution is 2.22. The van der Waals surface area contributed by atoms with Gasteiger partial charge in [-0.1, -0.05) is 30.7 Å². The first-order chi connectivity index (χ1) is 36.3. The number of nitrogens with one attached hydrogen (secondary N) is 8. The third kappa shape index (κ3) is 20.5. The van der Waals surface area contributed by atoms with Gasteiger partial charge >= 0.3 is 5.97 Å². The zero-order chi connectivity index (χ0) is 56.3. The number of para-hydroxylation sites is 1. The molecule has 76 heavy (non-hydrogen) atoms. The van der Waals surface area contributed by atoms with Crippen LogP contribution in [-0.4, -0.2) is 173 Å². The number of aliphatic hydroxyl groups excluding tert-OH is 1. The smallest absolute Gasteiger partial charge is 0.352 e. The molecule has 28 nitrogen and oxygen atoms in total. The van der Waals surface area contributed by atoms with Crippen molar-refractivity contribution < 1.29 is 53.4 Å². The fourth-order valence-corrected chi connectivity index (χ4v) is 8.24. The zero-order valence-corrected chi connectivity index (χ0v) is 43.0. The maximum absolute atomic E-state index is 14.4. The molecule has 1 aliphatic rings. The van der Waals surface area contributed by atoms with Crippen molar-refractivity contribution in [1.29, 1.82) is 0 Å². The number of aliphatic carboxylic acids is 1. The highest BCUT2D eigenvalue weighted by molar-refractivity contribution is 5.99. The Hall–Kier alpha value is -7.24. The molecule has 2 unspecified atom stereocenters. The first-order valence-electron chi connectivity index (χ1n) is 25.4. The number of aliphatic imine (C=N–C) groups is 1. The van der Waals surface area contributed by atoms with E-state index in [4.69, 9.17) is 40.1 Å². The summed E-state index contributed by atoms with van der Waals surface area (Å²) in [5.41, 5.74) is 40.2. The summed E-state index contributed by atoms with van der Waals surface area (Å²) in [5.74, 6) is -7.92. The number of unbranched alkanes of at least 4 members (excludes halogenated alkanes) is 2. The summed E-state index contributed by atoms with van der Waals surface area (Å²) in [5, 5.41) is 38.6. The summed E-state index contributed by atoms with van der Waals surface area (Å²) in [4.78, 5) is 129. The number of fused-ring (bicyclic) bond motifs is 1. The lowest BCUT2D eigenvalue weighted by atomic mass is 10.0.